The second-order valence-corrected chi connectivity index (χ2v) is 4.86. The first-order chi connectivity index (χ1) is 9.21. The van der Waals surface area contributed by atoms with E-state index in [1.54, 1.807) is 0 Å². The van der Waals surface area contributed by atoms with Crippen LogP contribution in [0, 0.1) is 6.92 Å². The lowest BCUT2D eigenvalue weighted by atomic mass is 10.1. The molecule has 1 unspecified atom stereocenters. The molecule has 1 aromatic heterocycles. The maximum Gasteiger partial charge on any atom is 0.228 e. The van der Waals surface area contributed by atoms with Crippen LogP contribution in [0.1, 0.15) is 36.2 Å². The largest absolute Gasteiger partial charge is 0.339 e. The van der Waals surface area contributed by atoms with Gasteiger partial charge in [-0.3, -0.25) is 0 Å². The van der Waals surface area contributed by atoms with Crippen molar-refractivity contribution in [1.82, 2.24) is 15.5 Å². The number of nitrogens with zero attached hydrogens (tertiary/aromatic N) is 2. The zero-order chi connectivity index (χ0) is 13.7. The lowest BCUT2D eigenvalue weighted by Gasteiger charge is -2.09. The predicted octanol–water partition coefficient (Wildman–Crippen LogP) is 2.51. The molecule has 1 aromatic carbocycles. The quantitative estimate of drug-likeness (QED) is 0.866. The van der Waals surface area contributed by atoms with Crippen molar-refractivity contribution in [1.29, 1.82) is 0 Å². The third-order valence-corrected chi connectivity index (χ3v) is 3.32. The molecule has 0 saturated heterocycles. The van der Waals surface area contributed by atoms with E-state index in [2.05, 4.69) is 53.6 Å². The van der Waals surface area contributed by atoms with Crippen LogP contribution in [0.2, 0.25) is 0 Å². The van der Waals surface area contributed by atoms with E-state index >= 15 is 0 Å². The van der Waals surface area contributed by atoms with E-state index < -0.39 is 0 Å². The van der Waals surface area contributed by atoms with E-state index in [4.69, 9.17) is 4.52 Å². The summed E-state index contributed by atoms with van der Waals surface area (Å²) in [6.45, 7) is 4.23. The minimum Gasteiger partial charge on any atom is -0.339 e. The number of benzene rings is 1. The molecule has 1 N–H and O–H groups in total. The Kier molecular flexibility index (Phi) is 4.68. The normalized spacial score (nSPS) is 12.6. The van der Waals surface area contributed by atoms with Gasteiger partial charge < -0.3 is 9.84 Å². The first-order valence-corrected chi connectivity index (χ1v) is 6.75. The number of aromatic nitrogens is 2. The smallest absolute Gasteiger partial charge is 0.228 e. The van der Waals surface area contributed by atoms with Crippen LogP contribution >= 0.6 is 0 Å². The van der Waals surface area contributed by atoms with Crippen molar-refractivity contribution in [2.75, 3.05) is 7.05 Å². The maximum atomic E-state index is 5.29. The molecule has 2 rings (SSSR count). The first kappa shape index (κ1) is 13.7. The van der Waals surface area contributed by atoms with Gasteiger partial charge in [0.2, 0.25) is 5.89 Å². The highest BCUT2D eigenvalue weighted by Gasteiger charge is 2.11. The summed E-state index contributed by atoms with van der Waals surface area (Å²) in [5, 5.41) is 7.28. The molecule has 1 heterocycles. The van der Waals surface area contributed by atoms with Gasteiger partial charge in [-0.25, -0.2) is 0 Å². The number of hydrogen-bond donors (Lipinski definition) is 1. The van der Waals surface area contributed by atoms with E-state index in [1.165, 1.54) is 11.1 Å². The average molecular weight is 259 g/mol. The summed E-state index contributed by atoms with van der Waals surface area (Å²) in [6, 6.07) is 8.81. The van der Waals surface area contributed by atoms with Crippen LogP contribution in [0.25, 0.3) is 0 Å². The second kappa shape index (κ2) is 6.48. The fraction of sp³-hybridized carbons (Fsp3) is 0.467. The van der Waals surface area contributed by atoms with Crippen molar-refractivity contribution >= 4 is 0 Å². The average Bonchev–Trinajstić information content (AvgIpc) is 2.86. The van der Waals surface area contributed by atoms with Gasteiger partial charge in [0.15, 0.2) is 5.82 Å². The molecule has 0 saturated carbocycles. The Morgan fingerprint density at radius 1 is 1.26 bits per heavy atom. The minimum absolute atomic E-state index is 0.396. The van der Waals surface area contributed by atoms with Gasteiger partial charge in [0.25, 0.3) is 0 Å². The molecule has 1 atom stereocenters. The highest BCUT2D eigenvalue weighted by Crippen LogP contribution is 2.10. The topological polar surface area (TPSA) is 51.0 Å². The van der Waals surface area contributed by atoms with Crippen LogP contribution in [0.4, 0.5) is 0 Å². The van der Waals surface area contributed by atoms with E-state index in [-0.39, 0.29) is 0 Å². The summed E-state index contributed by atoms with van der Waals surface area (Å²) in [6.07, 6.45) is 2.56. The Morgan fingerprint density at radius 3 is 2.63 bits per heavy atom. The van der Waals surface area contributed by atoms with Crippen molar-refractivity contribution in [2.24, 2.45) is 0 Å². The third kappa shape index (κ3) is 3.89. The SMILES string of the molecule is CCC(Cc1nc(Cc2ccc(C)cc2)no1)NC. The van der Waals surface area contributed by atoms with Crippen molar-refractivity contribution in [3.63, 3.8) is 0 Å². The van der Waals surface area contributed by atoms with Crippen LogP contribution < -0.4 is 5.32 Å². The number of nitrogens with one attached hydrogen (secondary N) is 1. The summed E-state index contributed by atoms with van der Waals surface area (Å²) in [5.74, 6) is 1.47. The molecule has 0 aliphatic carbocycles. The molecule has 0 fully saturated rings. The lowest BCUT2D eigenvalue weighted by Crippen LogP contribution is -2.26. The van der Waals surface area contributed by atoms with E-state index in [9.17, 15) is 0 Å². The summed E-state index contributed by atoms with van der Waals surface area (Å²) in [7, 11) is 1.96. The van der Waals surface area contributed by atoms with Crippen LogP contribution in [-0.4, -0.2) is 23.2 Å². The second-order valence-electron chi connectivity index (χ2n) is 4.86. The highest BCUT2D eigenvalue weighted by molar-refractivity contribution is 5.23. The molecular weight excluding hydrogens is 238 g/mol. The predicted molar refractivity (Wildman–Crippen MR) is 75.1 cm³/mol. The summed E-state index contributed by atoms with van der Waals surface area (Å²) in [5.41, 5.74) is 2.47. The van der Waals surface area contributed by atoms with Crippen LogP contribution in [0.3, 0.4) is 0 Å². The van der Waals surface area contributed by atoms with Crippen LogP contribution in [-0.2, 0) is 12.8 Å². The van der Waals surface area contributed by atoms with Crippen molar-refractivity contribution in [3.8, 4) is 0 Å². The molecule has 0 aliphatic heterocycles. The number of hydrogen-bond acceptors (Lipinski definition) is 4. The van der Waals surface area contributed by atoms with Crippen LogP contribution in [0.5, 0.6) is 0 Å². The van der Waals surface area contributed by atoms with Gasteiger partial charge >= 0.3 is 0 Å². The van der Waals surface area contributed by atoms with Gasteiger partial charge in [0, 0.05) is 18.9 Å². The Bertz CT molecular complexity index is 500. The van der Waals surface area contributed by atoms with E-state index in [1.807, 2.05) is 7.05 Å². The zero-order valence-corrected chi connectivity index (χ0v) is 11.8. The van der Waals surface area contributed by atoms with Gasteiger partial charge in [-0.1, -0.05) is 41.9 Å². The van der Waals surface area contributed by atoms with Gasteiger partial charge in [-0.2, -0.15) is 4.98 Å². The van der Waals surface area contributed by atoms with Gasteiger partial charge in [-0.15, -0.1) is 0 Å². The molecule has 0 aliphatic rings. The Labute approximate surface area is 114 Å². The molecule has 2 aromatic rings. The number of rotatable bonds is 6. The molecule has 102 valence electrons. The molecular formula is C15H21N3O. The van der Waals surface area contributed by atoms with Gasteiger partial charge in [0.05, 0.1) is 0 Å². The van der Waals surface area contributed by atoms with Crippen molar-refractivity contribution in [2.45, 2.75) is 39.2 Å². The fourth-order valence-corrected chi connectivity index (χ4v) is 1.99. The Hall–Kier alpha value is -1.68. The van der Waals surface area contributed by atoms with Crippen molar-refractivity contribution in [3.05, 3.63) is 47.1 Å². The molecule has 0 amide bonds. The summed E-state index contributed by atoms with van der Waals surface area (Å²) < 4.78 is 5.29. The lowest BCUT2D eigenvalue weighted by molar-refractivity contribution is 0.355. The molecule has 4 nitrogen and oxygen atoms in total. The monoisotopic (exact) mass is 259 g/mol. The Balaban J connectivity index is 1.99. The highest BCUT2D eigenvalue weighted by atomic mass is 16.5. The standard InChI is InChI=1S/C15H21N3O/c1-4-13(16-3)10-15-17-14(18-19-15)9-12-7-5-11(2)6-8-12/h5-8,13,16H,4,9-10H2,1-3H3. The first-order valence-electron chi connectivity index (χ1n) is 6.75. The van der Waals surface area contributed by atoms with Crippen LogP contribution in [0.15, 0.2) is 28.8 Å². The summed E-state index contributed by atoms with van der Waals surface area (Å²) >= 11 is 0. The van der Waals surface area contributed by atoms with E-state index in [0.717, 1.165) is 25.1 Å². The molecule has 0 bridgehead atoms. The molecule has 4 heteroatoms. The fourth-order valence-electron chi connectivity index (χ4n) is 1.99. The molecule has 19 heavy (non-hydrogen) atoms. The Morgan fingerprint density at radius 2 is 2.00 bits per heavy atom. The minimum atomic E-state index is 0.396. The maximum absolute atomic E-state index is 5.29. The molecule has 0 radical (unpaired) electrons. The van der Waals surface area contributed by atoms with E-state index in [0.29, 0.717) is 11.9 Å². The third-order valence-electron chi connectivity index (χ3n) is 3.32. The van der Waals surface area contributed by atoms with Gasteiger partial charge in [0.1, 0.15) is 0 Å². The summed E-state index contributed by atoms with van der Waals surface area (Å²) in [4.78, 5) is 4.45. The number of aryl methyl sites for hydroxylation is 1. The number of likely N-dealkylation sites (N-methyl/N-ethyl adjacent to an activating group) is 1. The van der Waals surface area contributed by atoms with Gasteiger partial charge in [-0.05, 0) is 26.0 Å². The molecule has 0 spiro atoms. The zero-order valence-electron chi connectivity index (χ0n) is 11.8. The van der Waals surface area contributed by atoms with Crippen molar-refractivity contribution < 1.29 is 4.52 Å².